The maximum atomic E-state index is 13.0. The summed E-state index contributed by atoms with van der Waals surface area (Å²) in [5, 5.41) is 10.2. The molecule has 2 rings (SSSR count). The van der Waals surface area contributed by atoms with Gasteiger partial charge in [0.15, 0.2) is 0 Å². The van der Waals surface area contributed by atoms with Crippen LogP contribution in [0.2, 0.25) is 0 Å². The molecule has 1 fully saturated rings. The van der Waals surface area contributed by atoms with Crippen LogP contribution < -0.4 is 0 Å². The Balaban J connectivity index is 1.93. The van der Waals surface area contributed by atoms with E-state index >= 15 is 0 Å². The van der Waals surface area contributed by atoms with Crippen molar-refractivity contribution in [3.8, 4) is 0 Å². The molecule has 1 aliphatic heterocycles. The molecule has 0 saturated carbocycles. The van der Waals surface area contributed by atoms with Crippen molar-refractivity contribution in [1.82, 2.24) is 9.80 Å². The number of aliphatic hydroxyl groups excluding tert-OH is 1. The van der Waals surface area contributed by atoms with Crippen LogP contribution in [0.25, 0.3) is 0 Å². The summed E-state index contributed by atoms with van der Waals surface area (Å²) in [5.74, 6) is -0.0202. The molecule has 1 amide bonds. The summed E-state index contributed by atoms with van der Waals surface area (Å²) in [5.41, 5.74) is 1.79. The molecule has 0 spiro atoms. The molecule has 1 aliphatic rings. The van der Waals surface area contributed by atoms with E-state index in [2.05, 4.69) is 4.90 Å². The van der Waals surface area contributed by atoms with Gasteiger partial charge < -0.3 is 24.2 Å². The maximum absolute atomic E-state index is 13.0. The van der Waals surface area contributed by atoms with Gasteiger partial charge in [-0.25, -0.2) is 0 Å². The van der Waals surface area contributed by atoms with Gasteiger partial charge in [0.05, 0.1) is 38.1 Å². The fraction of sp³-hybridized carbons (Fsp3) is 0.682. The number of aryl methyl sites for hydroxylation is 1. The molecular formula is C22H36N2O5. The summed E-state index contributed by atoms with van der Waals surface area (Å²) in [4.78, 5) is 17.0. The predicted molar refractivity (Wildman–Crippen MR) is 112 cm³/mol. The van der Waals surface area contributed by atoms with Gasteiger partial charge in [-0.05, 0) is 32.9 Å². The van der Waals surface area contributed by atoms with Crippen LogP contribution in [-0.4, -0.2) is 98.8 Å². The van der Waals surface area contributed by atoms with E-state index < -0.39 is 6.10 Å². The third kappa shape index (κ3) is 8.40. The lowest BCUT2D eigenvalue weighted by molar-refractivity contribution is -0.0634. The number of aliphatic hydroxyl groups is 1. The largest absolute Gasteiger partial charge is 0.389 e. The number of ether oxygens (including phenoxy) is 3. The second kappa shape index (κ2) is 12.2. The maximum Gasteiger partial charge on any atom is 0.254 e. The predicted octanol–water partition coefficient (Wildman–Crippen LogP) is 1.57. The van der Waals surface area contributed by atoms with Crippen LogP contribution in [0.1, 0.15) is 29.8 Å². The number of carbonyl (C=O) groups excluding carboxylic acids is 1. The first-order chi connectivity index (χ1) is 13.9. The van der Waals surface area contributed by atoms with E-state index in [9.17, 15) is 9.90 Å². The average molecular weight is 409 g/mol. The van der Waals surface area contributed by atoms with Crippen LogP contribution in [0.4, 0.5) is 0 Å². The van der Waals surface area contributed by atoms with E-state index in [1.54, 1.807) is 12.0 Å². The number of morpholine rings is 1. The molecule has 1 aromatic rings. The molecule has 29 heavy (non-hydrogen) atoms. The molecule has 1 heterocycles. The Morgan fingerprint density at radius 3 is 2.72 bits per heavy atom. The number of β-amino-alcohol motifs (C(OH)–C–C–N with tert-alkyl or cyclic N) is 1. The third-order valence-corrected chi connectivity index (χ3v) is 4.89. The summed E-state index contributed by atoms with van der Waals surface area (Å²) in [6, 6.07) is 7.61. The number of methoxy groups -OCH3 is 1. The minimum Gasteiger partial charge on any atom is -0.389 e. The van der Waals surface area contributed by atoms with Crippen LogP contribution in [-0.2, 0) is 14.2 Å². The number of hydrogen-bond acceptors (Lipinski definition) is 6. The van der Waals surface area contributed by atoms with Gasteiger partial charge in [0.25, 0.3) is 5.91 Å². The fourth-order valence-corrected chi connectivity index (χ4v) is 3.31. The van der Waals surface area contributed by atoms with Crippen molar-refractivity contribution in [3.63, 3.8) is 0 Å². The number of hydrogen-bond donors (Lipinski definition) is 1. The summed E-state index contributed by atoms with van der Waals surface area (Å²) in [6.45, 7) is 10.3. The summed E-state index contributed by atoms with van der Waals surface area (Å²) in [7, 11) is 1.63. The Kier molecular flexibility index (Phi) is 10.0. The minimum atomic E-state index is -0.532. The lowest BCUT2D eigenvalue weighted by Crippen LogP contribution is -2.51. The first-order valence-electron chi connectivity index (χ1n) is 10.4. The van der Waals surface area contributed by atoms with Crippen LogP contribution in [0.15, 0.2) is 24.3 Å². The Morgan fingerprint density at radius 1 is 1.34 bits per heavy atom. The van der Waals surface area contributed by atoms with Crippen molar-refractivity contribution in [2.45, 2.75) is 39.1 Å². The highest BCUT2D eigenvalue weighted by atomic mass is 16.5. The molecule has 0 aromatic heterocycles. The zero-order valence-corrected chi connectivity index (χ0v) is 18.2. The molecule has 2 atom stereocenters. The zero-order chi connectivity index (χ0) is 21.2. The standard InChI is InChI=1S/C22H36N2O5/c1-17(2)29-16-20(25)13-23-9-12-28-21(14-23)15-24(10-11-27-4)22(26)19-7-5-18(3)6-8-19/h5-8,17,20-21,25H,9-16H2,1-4H3/t20-,21+/m1/s1. The van der Waals surface area contributed by atoms with Gasteiger partial charge in [0, 0.05) is 45.4 Å². The highest BCUT2D eigenvalue weighted by Gasteiger charge is 2.26. The summed E-state index contributed by atoms with van der Waals surface area (Å²) < 4.78 is 16.6. The topological polar surface area (TPSA) is 71.5 Å². The molecule has 0 unspecified atom stereocenters. The Hall–Kier alpha value is -1.51. The summed E-state index contributed by atoms with van der Waals surface area (Å²) >= 11 is 0. The Bertz CT molecular complexity index is 608. The lowest BCUT2D eigenvalue weighted by Gasteiger charge is -2.36. The van der Waals surface area contributed by atoms with Crippen LogP contribution in [0.5, 0.6) is 0 Å². The van der Waals surface area contributed by atoms with Crippen molar-refractivity contribution in [2.24, 2.45) is 0 Å². The first kappa shape index (κ1) is 23.8. The number of benzene rings is 1. The zero-order valence-electron chi connectivity index (χ0n) is 18.2. The van der Waals surface area contributed by atoms with E-state index in [0.717, 1.165) is 12.1 Å². The highest BCUT2D eigenvalue weighted by molar-refractivity contribution is 5.94. The minimum absolute atomic E-state index is 0.0202. The Morgan fingerprint density at radius 2 is 2.07 bits per heavy atom. The first-order valence-corrected chi connectivity index (χ1v) is 10.4. The number of nitrogens with zero attached hydrogens (tertiary/aromatic N) is 2. The molecule has 164 valence electrons. The van der Waals surface area contributed by atoms with Gasteiger partial charge in [-0.1, -0.05) is 17.7 Å². The van der Waals surface area contributed by atoms with Gasteiger partial charge >= 0.3 is 0 Å². The molecule has 1 N–H and O–H groups in total. The van der Waals surface area contributed by atoms with Gasteiger partial charge in [-0.15, -0.1) is 0 Å². The van der Waals surface area contributed by atoms with E-state index in [4.69, 9.17) is 14.2 Å². The molecule has 0 bridgehead atoms. The van der Waals surface area contributed by atoms with Crippen LogP contribution in [0, 0.1) is 6.92 Å². The average Bonchev–Trinajstić information content (AvgIpc) is 2.70. The van der Waals surface area contributed by atoms with Gasteiger partial charge in [0.1, 0.15) is 0 Å². The smallest absolute Gasteiger partial charge is 0.254 e. The van der Waals surface area contributed by atoms with E-state index in [-0.39, 0.29) is 18.1 Å². The van der Waals surface area contributed by atoms with Gasteiger partial charge in [-0.3, -0.25) is 9.69 Å². The lowest BCUT2D eigenvalue weighted by atomic mass is 10.1. The van der Waals surface area contributed by atoms with E-state index in [0.29, 0.717) is 51.6 Å². The summed E-state index contributed by atoms with van der Waals surface area (Å²) in [6.07, 6.45) is -0.535. The van der Waals surface area contributed by atoms with Crippen molar-refractivity contribution in [1.29, 1.82) is 0 Å². The van der Waals surface area contributed by atoms with Gasteiger partial charge in [0.2, 0.25) is 0 Å². The van der Waals surface area contributed by atoms with Crippen LogP contribution in [0.3, 0.4) is 0 Å². The molecule has 1 aromatic carbocycles. The molecule has 7 heteroatoms. The van der Waals surface area contributed by atoms with Gasteiger partial charge in [-0.2, -0.15) is 0 Å². The number of rotatable bonds is 11. The Labute approximate surface area is 174 Å². The van der Waals surface area contributed by atoms with Crippen molar-refractivity contribution < 1.29 is 24.1 Å². The van der Waals surface area contributed by atoms with Crippen molar-refractivity contribution in [3.05, 3.63) is 35.4 Å². The monoisotopic (exact) mass is 408 g/mol. The van der Waals surface area contributed by atoms with E-state index in [1.165, 1.54) is 0 Å². The molecule has 1 saturated heterocycles. The van der Waals surface area contributed by atoms with Crippen molar-refractivity contribution >= 4 is 5.91 Å². The number of amides is 1. The number of carbonyl (C=O) groups is 1. The molecular weight excluding hydrogens is 372 g/mol. The fourth-order valence-electron chi connectivity index (χ4n) is 3.31. The normalized spacial score (nSPS) is 18.8. The second-order valence-electron chi connectivity index (χ2n) is 7.90. The second-order valence-corrected chi connectivity index (χ2v) is 7.90. The molecule has 0 radical (unpaired) electrons. The quantitative estimate of drug-likeness (QED) is 0.599. The highest BCUT2D eigenvalue weighted by Crippen LogP contribution is 2.12. The van der Waals surface area contributed by atoms with Crippen molar-refractivity contribution in [2.75, 3.05) is 59.7 Å². The van der Waals surface area contributed by atoms with Crippen LogP contribution >= 0.6 is 0 Å². The molecule has 7 nitrogen and oxygen atoms in total. The third-order valence-electron chi connectivity index (χ3n) is 4.89. The SMILES string of the molecule is COCCN(C[C@@H]1CN(C[C@@H](O)COC(C)C)CCO1)C(=O)c1ccc(C)cc1. The van der Waals surface area contributed by atoms with E-state index in [1.807, 2.05) is 45.0 Å². The molecule has 0 aliphatic carbocycles.